The number of imidazole rings is 1. The molecule has 1 aliphatic rings. The average molecular weight is 531 g/mol. The molecule has 1 saturated carbocycles. The number of hydrogen-bond donors (Lipinski definition) is 3. The van der Waals surface area contributed by atoms with E-state index >= 15 is 0 Å². The summed E-state index contributed by atoms with van der Waals surface area (Å²) in [7, 11) is 0. The van der Waals surface area contributed by atoms with E-state index in [4.69, 9.17) is 10.7 Å². The topological polar surface area (TPSA) is 92.5 Å². The van der Waals surface area contributed by atoms with Crippen molar-refractivity contribution in [2.24, 2.45) is 5.92 Å². The molecule has 6 nitrogen and oxygen atoms in total. The van der Waals surface area contributed by atoms with Crippen molar-refractivity contribution in [1.29, 1.82) is 0 Å². The number of fused-ring (bicyclic) bond motifs is 1. The molecule has 200 valence electrons. The van der Waals surface area contributed by atoms with E-state index in [0.29, 0.717) is 34.1 Å². The SMILES string of the molecule is C=C(c1nc2c(-c3cccc(F)c3)cncc2[nH]1)c1cc(-c2cncc(NC(=C)C3CCCCC3)c2)ccc1N. The number of nitrogen functional groups attached to an aromatic ring is 1. The van der Waals surface area contributed by atoms with Crippen LogP contribution in [0, 0.1) is 11.7 Å². The Morgan fingerprint density at radius 2 is 1.73 bits per heavy atom. The molecule has 2 aromatic carbocycles. The van der Waals surface area contributed by atoms with Crippen LogP contribution in [0.2, 0.25) is 0 Å². The number of H-pyrrole nitrogens is 1. The van der Waals surface area contributed by atoms with Gasteiger partial charge in [0.2, 0.25) is 0 Å². The maximum Gasteiger partial charge on any atom is 0.138 e. The molecule has 0 spiro atoms. The first-order valence-corrected chi connectivity index (χ1v) is 13.6. The summed E-state index contributed by atoms with van der Waals surface area (Å²) in [5, 5.41) is 3.49. The zero-order valence-corrected chi connectivity index (χ0v) is 22.3. The number of rotatable bonds is 7. The predicted molar refractivity (Wildman–Crippen MR) is 161 cm³/mol. The lowest BCUT2D eigenvalue weighted by Gasteiger charge is -2.24. The molecule has 0 aliphatic heterocycles. The summed E-state index contributed by atoms with van der Waals surface area (Å²) in [5.74, 6) is 0.762. The standard InChI is InChI=1S/C33H31FN6/c1-20(33-39-31-19-37-18-29(32(31)40-33)24-9-6-10-26(34)13-24)28-15-23(11-12-30(28)35)25-14-27(17-36-16-25)38-21(2)22-7-4-3-5-8-22/h6,9-19,22,38H,1-5,7-8,35H2,(H,39,40). The van der Waals surface area contributed by atoms with Crippen LogP contribution < -0.4 is 11.1 Å². The van der Waals surface area contributed by atoms with Crippen molar-refractivity contribution in [3.63, 3.8) is 0 Å². The maximum atomic E-state index is 13.9. The molecule has 3 heterocycles. The first kappa shape index (κ1) is 25.5. The molecule has 0 radical (unpaired) electrons. The zero-order valence-electron chi connectivity index (χ0n) is 22.3. The summed E-state index contributed by atoms with van der Waals surface area (Å²) in [6, 6.07) is 14.3. The number of nitrogens with one attached hydrogen (secondary N) is 2. The first-order valence-electron chi connectivity index (χ1n) is 13.6. The van der Waals surface area contributed by atoms with Gasteiger partial charge in [0.1, 0.15) is 11.6 Å². The number of hydrogen-bond acceptors (Lipinski definition) is 5. The van der Waals surface area contributed by atoms with Crippen LogP contribution in [-0.4, -0.2) is 19.9 Å². The fourth-order valence-electron chi connectivity index (χ4n) is 5.47. The van der Waals surface area contributed by atoms with Crippen molar-refractivity contribution < 1.29 is 4.39 Å². The number of anilines is 2. The van der Waals surface area contributed by atoms with Crippen molar-refractivity contribution >= 4 is 28.0 Å². The summed E-state index contributed by atoms with van der Waals surface area (Å²) in [6.45, 7) is 8.62. The normalized spacial score (nSPS) is 13.8. The van der Waals surface area contributed by atoms with E-state index in [9.17, 15) is 4.39 Å². The predicted octanol–water partition coefficient (Wildman–Crippen LogP) is 7.98. The van der Waals surface area contributed by atoms with Crippen LogP contribution >= 0.6 is 0 Å². The highest BCUT2D eigenvalue weighted by molar-refractivity contribution is 5.94. The second kappa shape index (κ2) is 10.8. The number of aromatic amines is 1. The van der Waals surface area contributed by atoms with E-state index in [0.717, 1.165) is 39.2 Å². The Balaban J connectivity index is 1.29. The minimum absolute atomic E-state index is 0.314. The van der Waals surface area contributed by atoms with Gasteiger partial charge < -0.3 is 16.0 Å². The van der Waals surface area contributed by atoms with Gasteiger partial charge in [-0.15, -0.1) is 0 Å². The Kier molecular flexibility index (Phi) is 6.86. The molecular weight excluding hydrogens is 499 g/mol. The largest absolute Gasteiger partial charge is 0.398 e. The Morgan fingerprint density at radius 1 is 0.900 bits per heavy atom. The van der Waals surface area contributed by atoms with Gasteiger partial charge in [0, 0.05) is 46.0 Å². The smallest absolute Gasteiger partial charge is 0.138 e. The average Bonchev–Trinajstić information content (AvgIpc) is 3.42. The van der Waals surface area contributed by atoms with Gasteiger partial charge in [-0.3, -0.25) is 9.97 Å². The third kappa shape index (κ3) is 5.10. The molecule has 40 heavy (non-hydrogen) atoms. The number of nitrogens with two attached hydrogens (primary N) is 1. The van der Waals surface area contributed by atoms with Gasteiger partial charge in [-0.05, 0) is 60.2 Å². The molecular formula is C33H31FN6. The number of halogens is 1. The van der Waals surface area contributed by atoms with Crippen molar-refractivity contribution in [1.82, 2.24) is 19.9 Å². The molecule has 4 N–H and O–H groups in total. The Bertz CT molecular complexity index is 1730. The molecule has 6 rings (SSSR count). The minimum atomic E-state index is -0.314. The van der Waals surface area contributed by atoms with Gasteiger partial charge >= 0.3 is 0 Å². The van der Waals surface area contributed by atoms with E-state index in [1.165, 1.54) is 44.2 Å². The van der Waals surface area contributed by atoms with Crippen LogP contribution in [0.5, 0.6) is 0 Å². The number of allylic oxidation sites excluding steroid dienone is 1. The van der Waals surface area contributed by atoms with Gasteiger partial charge in [-0.2, -0.15) is 0 Å². The summed E-state index contributed by atoms with van der Waals surface area (Å²) in [4.78, 5) is 16.9. The summed E-state index contributed by atoms with van der Waals surface area (Å²) in [5.41, 5.74) is 15.2. The highest BCUT2D eigenvalue weighted by atomic mass is 19.1. The molecule has 0 saturated heterocycles. The number of benzene rings is 2. The van der Waals surface area contributed by atoms with Gasteiger partial charge in [0.15, 0.2) is 0 Å². The van der Waals surface area contributed by atoms with E-state index in [1.807, 2.05) is 36.7 Å². The lowest BCUT2D eigenvalue weighted by atomic mass is 9.87. The molecule has 0 unspecified atom stereocenters. The number of pyridine rings is 2. The number of aromatic nitrogens is 4. The van der Waals surface area contributed by atoms with Gasteiger partial charge in [-0.1, -0.05) is 50.6 Å². The van der Waals surface area contributed by atoms with E-state index in [1.54, 1.807) is 18.5 Å². The molecule has 5 aromatic rings. The van der Waals surface area contributed by atoms with E-state index in [2.05, 4.69) is 39.5 Å². The fraction of sp³-hybridized carbons (Fsp3) is 0.182. The summed E-state index contributed by atoms with van der Waals surface area (Å²) < 4.78 is 13.9. The Hall–Kier alpha value is -4.78. The minimum Gasteiger partial charge on any atom is -0.398 e. The molecule has 0 amide bonds. The van der Waals surface area contributed by atoms with Crippen LogP contribution in [0.3, 0.4) is 0 Å². The third-order valence-corrected chi connectivity index (χ3v) is 7.67. The quantitative estimate of drug-likeness (QED) is 0.186. The lowest BCUT2D eigenvalue weighted by molar-refractivity contribution is 0.405. The van der Waals surface area contributed by atoms with E-state index < -0.39 is 0 Å². The summed E-state index contributed by atoms with van der Waals surface area (Å²) >= 11 is 0. The van der Waals surface area contributed by atoms with Crippen LogP contribution in [0.15, 0.2) is 92.2 Å². The van der Waals surface area contributed by atoms with Crippen molar-refractivity contribution in [2.75, 3.05) is 11.1 Å². The molecule has 0 atom stereocenters. The monoisotopic (exact) mass is 530 g/mol. The molecule has 3 aromatic heterocycles. The Labute approximate surface area is 232 Å². The molecule has 1 fully saturated rings. The van der Waals surface area contributed by atoms with E-state index in [-0.39, 0.29) is 5.82 Å². The van der Waals surface area contributed by atoms with Crippen LogP contribution in [-0.2, 0) is 0 Å². The highest BCUT2D eigenvalue weighted by Crippen LogP contribution is 2.34. The van der Waals surface area contributed by atoms with Crippen molar-refractivity contribution in [3.8, 4) is 22.3 Å². The molecule has 1 aliphatic carbocycles. The van der Waals surface area contributed by atoms with Crippen LogP contribution in [0.4, 0.5) is 15.8 Å². The second-order valence-electron chi connectivity index (χ2n) is 10.4. The van der Waals surface area contributed by atoms with Crippen LogP contribution in [0.25, 0.3) is 38.9 Å². The van der Waals surface area contributed by atoms with Gasteiger partial charge in [0.25, 0.3) is 0 Å². The first-order chi connectivity index (χ1) is 19.5. The zero-order chi connectivity index (χ0) is 27.6. The number of nitrogens with zero attached hydrogens (tertiary/aromatic N) is 3. The lowest BCUT2D eigenvalue weighted by Crippen LogP contribution is -2.14. The van der Waals surface area contributed by atoms with Crippen molar-refractivity contribution in [2.45, 2.75) is 32.1 Å². The molecule has 0 bridgehead atoms. The fourth-order valence-corrected chi connectivity index (χ4v) is 5.47. The summed E-state index contributed by atoms with van der Waals surface area (Å²) in [6.07, 6.45) is 13.3. The maximum absolute atomic E-state index is 13.9. The van der Waals surface area contributed by atoms with Gasteiger partial charge in [-0.25, -0.2) is 9.37 Å². The van der Waals surface area contributed by atoms with Crippen molar-refractivity contribution in [3.05, 3.63) is 109 Å². The molecule has 7 heteroatoms. The van der Waals surface area contributed by atoms with Gasteiger partial charge in [0.05, 0.1) is 29.1 Å². The second-order valence-corrected chi connectivity index (χ2v) is 10.4. The third-order valence-electron chi connectivity index (χ3n) is 7.67. The highest BCUT2D eigenvalue weighted by Gasteiger charge is 2.18. The Morgan fingerprint density at radius 3 is 2.55 bits per heavy atom. The van der Waals surface area contributed by atoms with Crippen LogP contribution in [0.1, 0.15) is 43.5 Å².